The van der Waals surface area contributed by atoms with Gasteiger partial charge in [-0.25, -0.2) is 0 Å². The van der Waals surface area contributed by atoms with E-state index in [-0.39, 0.29) is 5.92 Å². The van der Waals surface area contributed by atoms with Gasteiger partial charge in [0.15, 0.2) is 5.82 Å². The molecule has 0 bridgehead atoms. The second-order valence-electron chi connectivity index (χ2n) is 4.89. The molecule has 2 aromatic rings. The van der Waals surface area contributed by atoms with E-state index in [2.05, 4.69) is 15.3 Å². The maximum Gasteiger partial charge on any atom is 0.308 e. The Bertz CT molecular complexity index is 643. The average molecular weight is 261 g/mol. The molecule has 1 aliphatic heterocycles. The zero-order valence-corrected chi connectivity index (χ0v) is 10.9. The molecule has 1 unspecified atom stereocenters. The number of hydrogen-bond donors (Lipinski definition) is 1. The Morgan fingerprint density at radius 3 is 2.89 bits per heavy atom. The average Bonchev–Trinajstić information content (AvgIpc) is 2.94. The number of aryl methyl sites for hydroxylation is 2. The van der Waals surface area contributed by atoms with Gasteiger partial charge in [0.2, 0.25) is 0 Å². The van der Waals surface area contributed by atoms with Crippen LogP contribution in [0.25, 0.3) is 11.4 Å². The lowest BCUT2D eigenvalue weighted by molar-refractivity contribution is -0.142. The molecule has 0 amide bonds. The molecule has 0 aromatic carbocycles. The van der Waals surface area contributed by atoms with Crippen LogP contribution in [0.4, 0.5) is 0 Å². The number of fused-ring (bicyclic) bond motifs is 1. The SMILES string of the molecule is Cc1c(-c2nnc3n2CC(C(=O)O)CC3)cnn1C. The first-order valence-electron chi connectivity index (χ1n) is 6.21. The molecule has 2 aromatic heterocycles. The molecule has 100 valence electrons. The lowest BCUT2D eigenvalue weighted by Crippen LogP contribution is -2.27. The fraction of sp³-hybridized carbons (Fsp3) is 0.500. The van der Waals surface area contributed by atoms with Crippen LogP contribution >= 0.6 is 0 Å². The predicted molar refractivity (Wildman–Crippen MR) is 66.4 cm³/mol. The lowest BCUT2D eigenvalue weighted by Gasteiger charge is -2.20. The van der Waals surface area contributed by atoms with E-state index >= 15 is 0 Å². The van der Waals surface area contributed by atoms with Gasteiger partial charge < -0.3 is 9.67 Å². The number of carbonyl (C=O) groups is 1. The van der Waals surface area contributed by atoms with E-state index in [1.807, 2.05) is 18.5 Å². The Labute approximate surface area is 109 Å². The highest BCUT2D eigenvalue weighted by atomic mass is 16.4. The first kappa shape index (κ1) is 11.9. The van der Waals surface area contributed by atoms with Gasteiger partial charge in [-0.1, -0.05) is 0 Å². The highest BCUT2D eigenvalue weighted by molar-refractivity contribution is 5.70. The number of hydrogen-bond acceptors (Lipinski definition) is 4. The van der Waals surface area contributed by atoms with Crippen molar-refractivity contribution in [3.63, 3.8) is 0 Å². The molecular weight excluding hydrogens is 246 g/mol. The minimum Gasteiger partial charge on any atom is -0.481 e. The summed E-state index contributed by atoms with van der Waals surface area (Å²) in [6.07, 6.45) is 3.03. The molecule has 7 nitrogen and oxygen atoms in total. The molecule has 1 N–H and O–H groups in total. The summed E-state index contributed by atoms with van der Waals surface area (Å²) >= 11 is 0. The highest BCUT2D eigenvalue weighted by Gasteiger charge is 2.28. The molecule has 0 spiro atoms. The zero-order chi connectivity index (χ0) is 13.6. The monoisotopic (exact) mass is 261 g/mol. The van der Waals surface area contributed by atoms with E-state index in [0.29, 0.717) is 25.2 Å². The number of carboxylic acids is 1. The van der Waals surface area contributed by atoms with Gasteiger partial charge in [0.1, 0.15) is 5.82 Å². The van der Waals surface area contributed by atoms with Crippen LogP contribution in [0.15, 0.2) is 6.20 Å². The number of aliphatic carboxylic acids is 1. The normalized spacial score (nSPS) is 18.3. The van der Waals surface area contributed by atoms with Crippen LogP contribution in [-0.2, 0) is 24.8 Å². The molecule has 0 saturated heterocycles. The van der Waals surface area contributed by atoms with Gasteiger partial charge in [-0.2, -0.15) is 5.10 Å². The topological polar surface area (TPSA) is 85.8 Å². The van der Waals surface area contributed by atoms with Crippen LogP contribution in [0.5, 0.6) is 0 Å². The van der Waals surface area contributed by atoms with Crippen molar-refractivity contribution in [1.82, 2.24) is 24.5 Å². The summed E-state index contributed by atoms with van der Waals surface area (Å²) in [5, 5.41) is 21.7. The second kappa shape index (κ2) is 4.18. The van der Waals surface area contributed by atoms with Gasteiger partial charge in [-0.3, -0.25) is 9.48 Å². The molecule has 0 aliphatic carbocycles. The summed E-state index contributed by atoms with van der Waals surface area (Å²) < 4.78 is 3.68. The molecule has 0 radical (unpaired) electrons. The molecule has 3 heterocycles. The van der Waals surface area contributed by atoms with Crippen LogP contribution in [0, 0.1) is 12.8 Å². The maximum atomic E-state index is 11.1. The molecule has 3 rings (SSSR count). The Morgan fingerprint density at radius 2 is 2.26 bits per heavy atom. The Morgan fingerprint density at radius 1 is 1.47 bits per heavy atom. The number of nitrogens with zero attached hydrogens (tertiary/aromatic N) is 5. The Balaban J connectivity index is 2.04. The lowest BCUT2D eigenvalue weighted by atomic mass is 9.99. The van der Waals surface area contributed by atoms with E-state index in [1.54, 1.807) is 10.9 Å². The van der Waals surface area contributed by atoms with Crippen LogP contribution in [-0.4, -0.2) is 35.6 Å². The van der Waals surface area contributed by atoms with Gasteiger partial charge in [-0.05, 0) is 13.3 Å². The predicted octanol–water partition coefficient (Wildman–Crippen LogP) is 0.634. The summed E-state index contributed by atoms with van der Waals surface area (Å²) in [6.45, 7) is 2.39. The summed E-state index contributed by atoms with van der Waals surface area (Å²) in [5.74, 6) is 0.453. The van der Waals surface area contributed by atoms with Crippen LogP contribution in [0.2, 0.25) is 0 Å². The zero-order valence-electron chi connectivity index (χ0n) is 10.9. The first-order valence-corrected chi connectivity index (χ1v) is 6.21. The summed E-state index contributed by atoms with van der Waals surface area (Å²) in [6, 6.07) is 0. The van der Waals surface area contributed by atoms with Crippen molar-refractivity contribution in [3.8, 4) is 11.4 Å². The minimum atomic E-state index is -0.756. The third-order valence-corrected chi connectivity index (χ3v) is 3.77. The summed E-state index contributed by atoms with van der Waals surface area (Å²) in [4.78, 5) is 11.1. The van der Waals surface area contributed by atoms with Crippen LogP contribution in [0.3, 0.4) is 0 Å². The highest BCUT2D eigenvalue weighted by Crippen LogP contribution is 2.27. The minimum absolute atomic E-state index is 0.362. The summed E-state index contributed by atoms with van der Waals surface area (Å²) in [7, 11) is 1.87. The molecule has 0 fully saturated rings. The van der Waals surface area contributed by atoms with Crippen molar-refractivity contribution < 1.29 is 9.90 Å². The van der Waals surface area contributed by atoms with Gasteiger partial charge in [-0.15, -0.1) is 10.2 Å². The summed E-state index contributed by atoms with van der Waals surface area (Å²) in [5.41, 5.74) is 1.90. The van der Waals surface area contributed by atoms with E-state index in [0.717, 1.165) is 17.1 Å². The third kappa shape index (κ3) is 1.81. The number of carboxylic acid groups (broad SMARTS) is 1. The Hall–Kier alpha value is -2.18. The van der Waals surface area contributed by atoms with Crippen molar-refractivity contribution in [2.75, 3.05) is 0 Å². The van der Waals surface area contributed by atoms with E-state index in [4.69, 9.17) is 5.11 Å². The maximum absolute atomic E-state index is 11.1. The van der Waals surface area contributed by atoms with E-state index in [9.17, 15) is 4.79 Å². The second-order valence-corrected chi connectivity index (χ2v) is 4.89. The van der Waals surface area contributed by atoms with Gasteiger partial charge >= 0.3 is 5.97 Å². The Kier molecular flexibility index (Phi) is 2.62. The number of aromatic nitrogens is 5. The molecule has 1 atom stereocenters. The van der Waals surface area contributed by atoms with Crippen LogP contribution in [0.1, 0.15) is 17.9 Å². The molecule has 7 heteroatoms. The van der Waals surface area contributed by atoms with Crippen LogP contribution < -0.4 is 0 Å². The van der Waals surface area contributed by atoms with Crippen molar-refractivity contribution in [1.29, 1.82) is 0 Å². The molecule has 0 saturated carbocycles. The number of rotatable bonds is 2. The molecule has 1 aliphatic rings. The largest absolute Gasteiger partial charge is 0.481 e. The van der Waals surface area contributed by atoms with E-state index < -0.39 is 5.97 Å². The third-order valence-electron chi connectivity index (χ3n) is 3.77. The molecular formula is C12H15N5O2. The van der Waals surface area contributed by atoms with Crippen molar-refractivity contribution >= 4 is 5.97 Å². The smallest absolute Gasteiger partial charge is 0.308 e. The van der Waals surface area contributed by atoms with Gasteiger partial charge in [0.05, 0.1) is 17.7 Å². The molecule has 19 heavy (non-hydrogen) atoms. The first-order chi connectivity index (χ1) is 9.08. The fourth-order valence-electron chi connectivity index (χ4n) is 2.45. The quantitative estimate of drug-likeness (QED) is 0.857. The standard InChI is InChI=1S/C12H15N5O2/c1-7-9(5-13-16(7)2)11-15-14-10-4-3-8(12(18)19)6-17(10)11/h5,8H,3-4,6H2,1-2H3,(H,18,19). The van der Waals surface area contributed by atoms with Gasteiger partial charge in [0, 0.05) is 25.7 Å². The van der Waals surface area contributed by atoms with Gasteiger partial charge in [0.25, 0.3) is 0 Å². The van der Waals surface area contributed by atoms with Crippen molar-refractivity contribution in [2.45, 2.75) is 26.3 Å². The fourth-order valence-corrected chi connectivity index (χ4v) is 2.45. The van der Waals surface area contributed by atoms with Crippen molar-refractivity contribution in [3.05, 3.63) is 17.7 Å². The van der Waals surface area contributed by atoms with E-state index in [1.165, 1.54) is 0 Å². The van der Waals surface area contributed by atoms with Crippen molar-refractivity contribution in [2.24, 2.45) is 13.0 Å².